The van der Waals surface area contributed by atoms with Crippen molar-refractivity contribution in [3.05, 3.63) is 12.2 Å². The molecule has 1 N–H and O–H groups in total. The van der Waals surface area contributed by atoms with E-state index in [0.717, 1.165) is 38.5 Å². The smallest absolute Gasteiger partial charge is 0.140 e. The molecule has 16 heavy (non-hydrogen) atoms. The molecule has 1 unspecified atom stereocenters. The summed E-state index contributed by atoms with van der Waals surface area (Å²) in [5, 5.41) is 7.63. The summed E-state index contributed by atoms with van der Waals surface area (Å²) >= 11 is 0. The molecule has 0 bridgehead atoms. The Morgan fingerprint density at radius 1 is 1.62 bits per heavy atom. The minimum Gasteiger partial charge on any atom is -0.381 e. The summed E-state index contributed by atoms with van der Waals surface area (Å²) in [6.45, 7) is 7.72. The van der Waals surface area contributed by atoms with E-state index in [1.807, 2.05) is 4.68 Å². The molecular formula is C11H20N4O. The highest BCUT2D eigenvalue weighted by Crippen LogP contribution is 2.14. The van der Waals surface area contributed by atoms with E-state index in [1.165, 1.54) is 0 Å². The lowest BCUT2D eigenvalue weighted by Gasteiger charge is -2.11. The summed E-state index contributed by atoms with van der Waals surface area (Å²) in [6.07, 6.45) is 2.77. The van der Waals surface area contributed by atoms with Gasteiger partial charge in [-0.1, -0.05) is 13.8 Å². The monoisotopic (exact) mass is 224 g/mol. The van der Waals surface area contributed by atoms with Crippen LogP contribution in [-0.2, 0) is 17.8 Å². The van der Waals surface area contributed by atoms with Gasteiger partial charge in [-0.05, 0) is 6.42 Å². The number of hydrogen-bond acceptors (Lipinski definition) is 4. The van der Waals surface area contributed by atoms with Gasteiger partial charge in [0.25, 0.3) is 0 Å². The standard InChI is InChI=1S/C11H20N4O/c1-9(2)12-5-11-13-8-14-15(11)6-10-3-4-16-7-10/h8-10,12H,3-7H2,1-2H3. The second-order valence-corrected chi connectivity index (χ2v) is 4.62. The van der Waals surface area contributed by atoms with E-state index in [0.29, 0.717) is 12.0 Å². The van der Waals surface area contributed by atoms with Gasteiger partial charge in [-0.15, -0.1) is 0 Å². The first kappa shape index (κ1) is 11.5. The number of ether oxygens (including phenoxy) is 1. The van der Waals surface area contributed by atoms with Gasteiger partial charge in [-0.3, -0.25) is 0 Å². The third-order valence-corrected chi connectivity index (χ3v) is 2.82. The average Bonchev–Trinajstić information content (AvgIpc) is 2.87. The van der Waals surface area contributed by atoms with Crippen LogP contribution in [0.4, 0.5) is 0 Å². The second-order valence-electron chi connectivity index (χ2n) is 4.62. The predicted molar refractivity (Wildman–Crippen MR) is 60.9 cm³/mol. The molecule has 5 heteroatoms. The van der Waals surface area contributed by atoms with Crippen molar-refractivity contribution < 1.29 is 4.74 Å². The lowest BCUT2D eigenvalue weighted by molar-refractivity contribution is 0.181. The number of hydrogen-bond donors (Lipinski definition) is 1. The molecule has 0 radical (unpaired) electrons. The first-order chi connectivity index (χ1) is 7.75. The molecule has 1 aliphatic rings. The molecule has 2 heterocycles. The molecule has 1 aromatic rings. The Morgan fingerprint density at radius 3 is 3.19 bits per heavy atom. The van der Waals surface area contributed by atoms with Gasteiger partial charge in [0.05, 0.1) is 13.2 Å². The summed E-state index contributed by atoms with van der Waals surface area (Å²) < 4.78 is 7.36. The highest BCUT2D eigenvalue weighted by atomic mass is 16.5. The van der Waals surface area contributed by atoms with Crippen molar-refractivity contribution in [1.82, 2.24) is 20.1 Å². The first-order valence-corrected chi connectivity index (χ1v) is 5.93. The van der Waals surface area contributed by atoms with E-state index in [-0.39, 0.29) is 0 Å². The van der Waals surface area contributed by atoms with Crippen molar-refractivity contribution in [1.29, 1.82) is 0 Å². The largest absolute Gasteiger partial charge is 0.381 e. The van der Waals surface area contributed by atoms with Crippen molar-refractivity contribution in [3.63, 3.8) is 0 Å². The molecule has 1 aromatic heterocycles. The van der Waals surface area contributed by atoms with Gasteiger partial charge in [0.2, 0.25) is 0 Å². The van der Waals surface area contributed by atoms with Gasteiger partial charge in [0.1, 0.15) is 12.2 Å². The molecule has 0 spiro atoms. The number of nitrogens with one attached hydrogen (secondary N) is 1. The van der Waals surface area contributed by atoms with Crippen molar-refractivity contribution in [2.75, 3.05) is 13.2 Å². The first-order valence-electron chi connectivity index (χ1n) is 5.93. The summed E-state index contributed by atoms with van der Waals surface area (Å²) in [6, 6.07) is 0.472. The van der Waals surface area contributed by atoms with Gasteiger partial charge >= 0.3 is 0 Å². The second kappa shape index (κ2) is 5.41. The number of aromatic nitrogens is 3. The van der Waals surface area contributed by atoms with E-state index >= 15 is 0 Å². The third-order valence-electron chi connectivity index (χ3n) is 2.82. The summed E-state index contributed by atoms with van der Waals surface area (Å²) in [4.78, 5) is 4.28. The fourth-order valence-corrected chi connectivity index (χ4v) is 1.84. The Labute approximate surface area is 96.2 Å². The fourth-order valence-electron chi connectivity index (χ4n) is 1.84. The molecular weight excluding hydrogens is 204 g/mol. The van der Waals surface area contributed by atoms with Crippen molar-refractivity contribution >= 4 is 0 Å². The Morgan fingerprint density at radius 2 is 2.50 bits per heavy atom. The minimum absolute atomic E-state index is 0.472. The van der Waals surface area contributed by atoms with Gasteiger partial charge in [-0.2, -0.15) is 5.10 Å². The SMILES string of the molecule is CC(C)NCc1ncnn1CC1CCOC1. The average molecular weight is 224 g/mol. The van der Waals surface area contributed by atoms with Crippen LogP contribution in [0, 0.1) is 5.92 Å². The molecule has 0 aliphatic carbocycles. The topological polar surface area (TPSA) is 52.0 Å². The summed E-state index contributed by atoms with van der Waals surface area (Å²) in [7, 11) is 0. The van der Waals surface area contributed by atoms with Gasteiger partial charge < -0.3 is 10.1 Å². The van der Waals surface area contributed by atoms with Gasteiger partial charge in [0.15, 0.2) is 0 Å². The summed E-state index contributed by atoms with van der Waals surface area (Å²) in [5.74, 6) is 1.61. The van der Waals surface area contributed by atoms with Crippen LogP contribution in [0.15, 0.2) is 6.33 Å². The zero-order chi connectivity index (χ0) is 11.4. The van der Waals surface area contributed by atoms with Crippen LogP contribution in [0.5, 0.6) is 0 Å². The van der Waals surface area contributed by atoms with E-state index in [2.05, 4.69) is 29.2 Å². The molecule has 1 fully saturated rings. The zero-order valence-corrected chi connectivity index (χ0v) is 10.0. The lowest BCUT2D eigenvalue weighted by Crippen LogP contribution is -2.25. The molecule has 1 aliphatic heterocycles. The molecule has 5 nitrogen and oxygen atoms in total. The normalized spacial score (nSPS) is 20.8. The Bertz CT molecular complexity index is 318. The molecule has 2 rings (SSSR count). The molecule has 90 valence electrons. The van der Waals surface area contributed by atoms with Crippen LogP contribution in [0.2, 0.25) is 0 Å². The molecule has 0 amide bonds. The fraction of sp³-hybridized carbons (Fsp3) is 0.818. The van der Waals surface area contributed by atoms with Crippen molar-refractivity contribution in [2.45, 2.75) is 39.4 Å². The van der Waals surface area contributed by atoms with Crippen LogP contribution >= 0.6 is 0 Å². The van der Waals surface area contributed by atoms with Crippen molar-refractivity contribution in [3.8, 4) is 0 Å². The van der Waals surface area contributed by atoms with E-state index < -0.39 is 0 Å². The lowest BCUT2D eigenvalue weighted by atomic mass is 10.1. The third kappa shape index (κ3) is 3.02. The Balaban J connectivity index is 1.90. The highest BCUT2D eigenvalue weighted by Gasteiger charge is 2.17. The molecule has 1 atom stereocenters. The van der Waals surface area contributed by atoms with Crippen LogP contribution < -0.4 is 5.32 Å². The number of nitrogens with zero attached hydrogens (tertiary/aromatic N) is 3. The molecule has 1 saturated heterocycles. The summed E-state index contributed by atoms with van der Waals surface area (Å²) in [5.41, 5.74) is 0. The van der Waals surface area contributed by atoms with Crippen LogP contribution in [0.3, 0.4) is 0 Å². The Hall–Kier alpha value is -0.940. The highest BCUT2D eigenvalue weighted by molar-refractivity contribution is 4.85. The minimum atomic E-state index is 0.472. The molecule has 0 saturated carbocycles. The Kier molecular flexibility index (Phi) is 3.90. The quantitative estimate of drug-likeness (QED) is 0.804. The predicted octanol–water partition coefficient (Wildman–Crippen LogP) is 0.813. The molecule has 0 aromatic carbocycles. The van der Waals surface area contributed by atoms with E-state index in [9.17, 15) is 0 Å². The van der Waals surface area contributed by atoms with Crippen LogP contribution in [0.25, 0.3) is 0 Å². The number of rotatable bonds is 5. The maximum absolute atomic E-state index is 5.37. The van der Waals surface area contributed by atoms with Gasteiger partial charge in [-0.25, -0.2) is 9.67 Å². The van der Waals surface area contributed by atoms with Crippen molar-refractivity contribution in [2.24, 2.45) is 5.92 Å². The van der Waals surface area contributed by atoms with Crippen LogP contribution in [-0.4, -0.2) is 34.0 Å². The maximum atomic E-state index is 5.37. The van der Waals surface area contributed by atoms with E-state index in [1.54, 1.807) is 6.33 Å². The van der Waals surface area contributed by atoms with E-state index in [4.69, 9.17) is 4.74 Å². The maximum Gasteiger partial charge on any atom is 0.140 e. The van der Waals surface area contributed by atoms with Crippen LogP contribution in [0.1, 0.15) is 26.1 Å². The van der Waals surface area contributed by atoms with Gasteiger partial charge in [0, 0.05) is 25.1 Å². The zero-order valence-electron chi connectivity index (χ0n) is 10.0.